The van der Waals surface area contributed by atoms with E-state index in [9.17, 15) is 0 Å². The van der Waals surface area contributed by atoms with E-state index in [0.29, 0.717) is 0 Å². The average Bonchev–Trinajstić information content (AvgIpc) is 3.22. The molecule has 33 heavy (non-hydrogen) atoms. The number of aryl methyl sites for hydroxylation is 2. The summed E-state index contributed by atoms with van der Waals surface area (Å²) in [5.74, 6) is 0. The third-order valence-electron chi connectivity index (χ3n) is 6.29. The Morgan fingerprint density at radius 1 is 0.879 bits per heavy atom. The predicted molar refractivity (Wildman–Crippen MR) is 144 cm³/mol. The van der Waals surface area contributed by atoms with Crippen LogP contribution in [0.5, 0.6) is 0 Å². The van der Waals surface area contributed by atoms with Gasteiger partial charge in [-0.1, -0.05) is 78.5 Å². The Kier molecular flexibility index (Phi) is 6.06. The number of anilines is 1. The lowest BCUT2D eigenvalue weighted by molar-refractivity contribution is -0.668. The van der Waals surface area contributed by atoms with Gasteiger partial charge in [-0.2, -0.15) is 4.57 Å². The first-order valence-electron chi connectivity index (χ1n) is 11.6. The van der Waals surface area contributed by atoms with Gasteiger partial charge in [-0.3, -0.25) is 0 Å². The lowest BCUT2D eigenvalue weighted by atomic mass is 10.0. The minimum atomic E-state index is 0.959. The Bertz CT molecular complexity index is 1430. The summed E-state index contributed by atoms with van der Waals surface area (Å²) in [6.45, 7) is 8.53. The first-order valence-corrected chi connectivity index (χ1v) is 12.5. The van der Waals surface area contributed by atoms with Crippen molar-refractivity contribution in [2.75, 3.05) is 11.4 Å². The van der Waals surface area contributed by atoms with Crippen molar-refractivity contribution in [1.82, 2.24) is 0 Å². The molecule has 0 saturated carbocycles. The minimum Gasteiger partial charge on any atom is -0.335 e. The van der Waals surface area contributed by atoms with Gasteiger partial charge in [0.05, 0.1) is 16.1 Å². The van der Waals surface area contributed by atoms with Crippen LogP contribution in [0.2, 0.25) is 0 Å². The number of aromatic nitrogens is 1. The topological polar surface area (TPSA) is 7.12 Å². The Balaban J connectivity index is 1.40. The van der Waals surface area contributed by atoms with Crippen LogP contribution in [-0.4, -0.2) is 6.54 Å². The molecule has 2 heterocycles. The second kappa shape index (κ2) is 9.29. The second-order valence-electron chi connectivity index (χ2n) is 8.26. The predicted octanol–water partition coefficient (Wildman–Crippen LogP) is 7.65. The summed E-state index contributed by atoms with van der Waals surface area (Å²) in [7, 11) is 0. The molecule has 4 aromatic rings. The van der Waals surface area contributed by atoms with Gasteiger partial charge in [0.15, 0.2) is 6.20 Å². The second-order valence-corrected chi connectivity index (χ2v) is 9.29. The average molecular weight is 450 g/mol. The Morgan fingerprint density at radius 3 is 2.58 bits per heavy atom. The molecule has 1 aromatic heterocycles. The zero-order valence-electron chi connectivity index (χ0n) is 19.5. The van der Waals surface area contributed by atoms with Crippen LogP contribution in [0, 0.1) is 6.92 Å². The molecule has 0 N–H and O–H groups in total. The number of para-hydroxylation sites is 1. The van der Waals surface area contributed by atoms with Crippen molar-refractivity contribution >= 4 is 45.2 Å². The fraction of sp³-hybridized carbons (Fsp3) is 0.167. The molecule has 0 fully saturated rings. The van der Waals surface area contributed by atoms with E-state index in [-0.39, 0.29) is 0 Å². The van der Waals surface area contributed by atoms with Crippen molar-refractivity contribution in [1.29, 1.82) is 0 Å². The van der Waals surface area contributed by atoms with E-state index in [2.05, 4.69) is 127 Å². The van der Waals surface area contributed by atoms with Gasteiger partial charge in [0.1, 0.15) is 6.54 Å². The van der Waals surface area contributed by atoms with E-state index in [1.807, 2.05) is 11.8 Å². The Morgan fingerprint density at radius 2 is 1.73 bits per heavy atom. The molecule has 2 nitrogen and oxygen atoms in total. The van der Waals surface area contributed by atoms with Crippen LogP contribution in [0.1, 0.15) is 25.0 Å². The van der Waals surface area contributed by atoms with Crippen molar-refractivity contribution in [3.05, 3.63) is 107 Å². The smallest absolute Gasteiger partial charge is 0.216 e. The zero-order valence-corrected chi connectivity index (χ0v) is 20.3. The standard InChI is InChI=1S/C30H29N2S/c1-4-31-21-20-24(25-16-11-12-22(3)29(25)31)13-7-6-8-17-28-32(5-2)27-19-18-23-14-9-10-15-26(23)30(27)33-28/h6-21H,4-5H2,1-3H3/q+1. The highest BCUT2D eigenvalue weighted by atomic mass is 32.2. The van der Waals surface area contributed by atoms with Gasteiger partial charge in [0.25, 0.3) is 0 Å². The van der Waals surface area contributed by atoms with Crippen molar-refractivity contribution in [3.8, 4) is 0 Å². The fourth-order valence-corrected chi connectivity index (χ4v) is 5.93. The third-order valence-corrected chi connectivity index (χ3v) is 7.48. The van der Waals surface area contributed by atoms with Crippen LogP contribution >= 0.6 is 11.8 Å². The number of rotatable bonds is 5. The van der Waals surface area contributed by atoms with E-state index in [1.54, 1.807) is 0 Å². The largest absolute Gasteiger partial charge is 0.335 e. The van der Waals surface area contributed by atoms with E-state index in [1.165, 1.54) is 48.4 Å². The van der Waals surface area contributed by atoms with Crippen LogP contribution in [0.25, 0.3) is 27.8 Å². The van der Waals surface area contributed by atoms with Gasteiger partial charge >= 0.3 is 0 Å². The van der Waals surface area contributed by atoms with Crippen molar-refractivity contribution in [3.63, 3.8) is 0 Å². The normalized spacial score (nSPS) is 15.0. The van der Waals surface area contributed by atoms with Crippen LogP contribution < -0.4 is 9.47 Å². The summed E-state index contributed by atoms with van der Waals surface area (Å²) >= 11 is 1.87. The summed E-state index contributed by atoms with van der Waals surface area (Å²) in [5, 5.41) is 5.21. The van der Waals surface area contributed by atoms with E-state index < -0.39 is 0 Å². The highest BCUT2D eigenvalue weighted by Crippen LogP contribution is 2.49. The first kappa shape index (κ1) is 21.5. The number of nitrogens with zero attached hydrogens (tertiary/aromatic N) is 2. The lowest BCUT2D eigenvalue weighted by Crippen LogP contribution is -2.33. The summed E-state index contributed by atoms with van der Waals surface area (Å²) in [5.41, 5.74) is 5.20. The molecular weight excluding hydrogens is 420 g/mol. The van der Waals surface area contributed by atoms with Crippen LogP contribution in [0.3, 0.4) is 0 Å². The van der Waals surface area contributed by atoms with E-state index >= 15 is 0 Å². The molecule has 0 bridgehead atoms. The molecule has 3 aromatic carbocycles. The molecule has 5 rings (SSSR count). The zero-order chi connectivity index (χ0) is 22.8. The number of pyridine rings is 1. The van der Waals surface area contributed by atoms with Crippen molar-refractivity contribution in [2.45, 2.75) is 32.2 Å². The van der Waals surface area contributed by atoms with E-state index in [4.69, 9.17) is 0 Å². The van der Waals surface area contributed by atoms with Crippen LogP contribution in [0.15, 0.2) is 101 Å². The maximum atomic E-state index is 2.40. The quantitative estimate of drug-likeness (QED) is 0.228. The minimum absolute atomic E-state index is 0.959. The maximum Gasteiger partial charge on any atom is 0.216 e. The van der Waals surface area contributed by atoms with Crippen molar-refractivity contribution < 1.29 is 4.57 Å². The summed E-state index contributed by atoms with van der Waals surface area (Å²) in [4.78, 5) is 3.76. The molecule has 0 aliphatic carbocycles. The van der Waals surface area contributed by atoms with Gasteiger partial charge in [-0.25, -0.2) is 0 Å². The summed E-state index contributed by atoms with van der Waals surface area (Å²) < 4.78 is 2.32. The van der Waals surface area contributed by atoms with Crippen molar-refractivity contribution in [2.24, 2.45) is 0 Å². The lowest BCUT2D eigenvalue weighted by Gasteiger charge is -2.17. The molecule has 164 valence electrons. The summed E-state index contributed by atoms with van der Waals surface area (Å²) in [6.07, 6.45) is 13.0. The molecule has 3 heteroatoms. The SMILES string of the molecule is CCN1\C(=C/C=C\C=C\c2cc[n+](CC)c3c(C)cccc23)Sc2c1ccc1ccccc21. The van der Waals surface area contributed by atoms with E-state index in [0.717, 1.165) is 13.1 Å². The summed E-state index contributed by atoms with van der Waals surface area (Å²) in [6, 6.07) is 21.9. The number of allylic oxidation sites excluding steroid dienone is 4. The number of fused-ring (bicyclic) bond motifs is 4. The molecular formula is C30H29N2S+. The molecule has 1 aliphatic heterocycles. The van der Waals surface area contributed by atoms with Gasteiger partial charge in [-0.15, -0.1) is 0 Å². The first-order chi connectivity index (χ1) is 16.2. The molecule has 0 radical (unpaired) electrons. The highest BCUT2D eigenvalue weighted by molar-refractivity contribution is 8.04. The van der Waals surface area contributed by atoms with Crippen LogP contribution in [0.4, 0.5) is 5.69 Å². The molecule has 0 unspecified atom stereocenters. The van der Waals surface area contributed by atoms with Crippen LogP contribution in [-0.2, 0) is 6.54 Å². The molecule has 0 spiro atoms. The van der Waals surface area contributed by atoms with Gasteiger partial charge in [-0.05, 0) is 55.3 Å². The fourth-order valence-electron chi connectivity index (χ4n) is 4.66. The molecule has 0 saturated heterocycles. The number of thioether (sulfide) groups is 1. The molecule has 0 atom stereocenters. The van der Waals surface area contributed by atoms with Gasteiger partial charge < -0.3 is 4.90 Å². The third kappa shape index (κ3) is 3.98. The Labute approximate surface area is 200 Å². The molecule has 1 aliphatic rings. The number of benzene rings is 3. The Hall–Kier alpha value is -3.30. The monoisotopic (exact) mass is 449 g/mol. The highest BCUT2D eigenvalue weighted by Gasteiger charge is 2.25. The van der Waals surface area contributed by atoms with Gasteiger partial charge in [0.2, 0.25) is 5.52 Å². The molecule has 0 amide bonds. The number of hydrogen-bond donors (Lipinski definition) is 0. The maximum absolute atomic E-state index is 2.40. The van der Waals surface area contributed by atoms with Gasteiger partial charge in [0, 0.05) is 23.1 Å². The number of hydrogen-bond acceptors (Lipinski definition) is 2.